The Morgan fingerprint density at radius 1 is 1.23 bits per heavy atom. The molecule has 0 radical (unpaired) electrons. The van der Waals surface area contributed by atoms with Crippen molar-refractivity contribution < 1.29 is 26.7 Å². The second-order valence-electron chi connectivity index (χ2n) is 6.78. The maximum atomic E-state index is 14.9. The molecule has 1 aliphatic rings. The third-order valence-electron chi connectivity index (χ3n) is 4.72. The molecule has 0 unspecified atom stereocenters. The van der Waals surface area contributed by atoms with Crippen molar-refractivity contribution in [3.8, 4) is 5.88 Å². The molecular formula is C18H18F2N6O4S. The number of nitrogens with one attached hydrogen (secondary N) is 2. The van der Waals surface area contributed by atoms with Crippen molar-refractivity contribution in [3.63, 3.8) is 0 Å². The van der Waals surface area contributed by atoms with E-state index >= 15 is 0 Å². The zero-order chi connectivity index (χ0) is 22.2. The number of benzene rings is 1. The minimum Gasteiger partial charge on any atom is -0.480 e. The Hall–Kier alpha value is -3.32. The SMILES string of the molecule is COc1cc2ncc(NC(=O)c3c(F)ccc(NS(=O)(=O)N4CCCC4)c3F)cn2n1. The molecule has 3 aromatic rings. The summed E-state index contributed by atoms with van der Waals surface area (Å²) in [6, 6.07) is 3.30. The van der Waals surface area contributed by atoms with Crippen molar-refractivity contribution in [3.05, 3.63) is 47.8 Å². The van der Waals surface area contributed by atoms with Gasteiger partial charge in [-0.25, -0.2) is 18.3 Å². The van der Waals surface area contributed by atoms with Gasteiger partial charge in [0.15, 0.2) is 11.5 Å². The van der Waals surface area contributed by atoms with Crippen LogP contribution in [0.15, 0.2) is 30.6 Å². The number of carbonyl (C=O) groups excluding carboxylic acids is 1. The van der Waals surface area contributed by atoms with Gasteiger partial charge in [0, 0.05) is 19.2 Å². The highest BCUT2D eigenvalue weighted by Gasteiger charge is 2.28. The fourth-order valence-electron chi connectivity index (χ4n) is 3.18. The molecule has 1 amide bonds. The van der Waals surface area contributed by atoms with E-state index in [9.17, 15) is 22.0 Å². The smallest absolute Gasteiger partial charge is 0.301 e. The average Bonchev–Trinajstić information content (AvgIpc) is 3.40. The summed E-state index contributed by atoms with van der Waals surface area (Å²) < 4.78 is 63.5. The van der Waals surface area contributed by atoms with Gasteiger partial charge in [-0.05, 0) is 25.0 Å². The van der Waals surface area contributed by atoms with Crippen LogP contribution in [-0.4, -0.2) is 53.4 Å². The molecule has 3 heterocycles. The van der Waals surface area contributed by atoms with Gasteiger partial charge < -0.3 is 10.1 Å². The Kier molecular flexibility index (Phi) is 5.45. The summed E-state index contributed by atoms with van der Waals surface area (Å²) in [6.45, 7) is 0.609. The Labute approximate surface area is 176 Å². The first-order valence-electron chi connectivity index (χ1n) is 9.25. The van der Waals surface area contributed by atoms with Crippen LogP contribution >= 0.6 is 0 Å². The molecular weight excluding hydrogens is 434 g/mol. The van der Waals surface area contributed by atoms with Crippen molar-refractivity contribution in [1.82, 2.24) is 18.9 Å². The molecule has 0 aliphatic carbocycles. The van der Waals surface area contributed by atoms with Gasteiger partial charge in [-0.2, -0.15) is 12.7 Å². The van der Waals surface area contributed by atoms with Crippen LogP contribution in [0, 0.1) is 11.6 Å². The molecule has 1 aliphatic heterocycles. The van der Waals surface area contributed by atoms with Crippen molar-refractivity contribution in [2.45, 2.75) is 12.8 Å². The molecule has 13 heteroatoms. The molecule has 2 aromatic heterocycles. The summed E-state index contributed by atoms with van der Waals surface area (Å²) in [5.41, 5.74) is -0.903. The van der Waals surface area contributed by atoms with Crippen molar-refractivity contribution in [2.24, 2.45) is 0 Å². The van der Waals surface area contributed by atoms with Gasteiger partial charge >= 0.3 is 10.2 Å². The van der Waals surface area contributed by atoms with E-state index in [0.29, 0.717) is 37.5 Å². The Morgan fingerprint density at radius 2 is 1.97 bits per heavy atom. The number of fused-ring (bicyclic) bond motifs is 1. The Morgan fingerprint density at radius 3 is 2.68 bits per heavy atom. The normalized spacial score (nSPS) is 14.7. The lowest BCUT2D eigenvalue weighted by Crippen LogP contribution is -2.33. The number of anilines is 2. The lowest BCUT2D eigenvalue weighted by Gasteiger charge is -2.18. The minimum absolute atomic E-state index is 0.116. The number of methoxy groups -OCH3 is 1. The molecule has 10 nitrogen and oxygen atoms in total. The Bertz CT molecular complexity index is 1260. The lowest BCUT2D eigenvalue weighted by molar-refractivity contribution is 0.101. The zero-order valence-corrected chi connectivity index (χ0v) is 17.1. The van der Waals surface area contributed by atoms with E-state index in [1.165, 1.54) is 24.0 Å². The fraction of sp³-hybridized carbons (Fsp3) is 0.278. The lowest BCUT2D eigenvalue weighted by atomic mass is 10.1. The molecule has 0 atom stereocenters. The number of hydrogen-bond acceptors (Lipinski definition) is 6. The first kappa shape index (κ1) is 20.9. The molecule has 1 fully saturated rings. The summed E-state index contributed by atoms with van der Waals surface area (Å²) in [5, 5.41) is 6.38. The maximum Gasteiger partial charge on any atom is 0.301 e. The van der Waals surface area contributed by atoms with Gasteiger partial charge in [0.05, 0.1) is 30.9 Å². The predicted octanol–water partition coefficient (Wildman–Crippen LogP) is 2.02. The van der Waals surface area contributed by atoms with Gasteiger partial charge in [0.2, 0.25) is 5.88 Å². The van der Waals surface area contributed by atoms with E-state index in [1.54, 1.807) is 6.07 Å². The third-order valence-corrected chi connectivity index (χ3v) is 6.24. The number of rotatable bonds is 6. The summed E-state index contributed by atoms with van der Waals surface area (Å²) in [4.78, 5) is 16.6. The molecule has 0 bridgehead atoms. The van der Waals surface area contributed by atoms with Crippen molar-refractivity contribution in [2.75, 3.05) is 30.2 Å². The van der Waals surface area contributed by atoms with E-state index in [-0.39, 0.29) is 5.69 Å². The van der Waals surface area contributed by atoms with E-state index in [4.69, 9.17) is 4.74 Å². The summed E-state index contributed by atoms with van der Waals surface area (Å²) >= 11 is 0. The number of hydrogen-bond donors (Lipinski definition) is 2. The zero-order valence-electron chi connectivity index (χ0n) is 16.3. The highest BCUT2D eigenvalue weighted by molar-refractivity contribution is 7.90. The van der Waals surface area contributed by atoms with Crippen LogP contribution in [0.1, 0.15) is 23.2 Å². The summed E-state index contributed by atoms with van der Waals surface area (Å²) in [5.74, 6) is -3.28. The predicted molar refractivity (Wildman–Crippen MR) is 107 cm³/mol. The number of amides is 1. The van der Waals surface area contributed by atoms with E-state index in [0.717, 1.165) is 16.4 Å². The second kappa shape index (κ2) is 8.07. The van der Waals surface area contributed by atoms with Gasteiger partial charge in [-0.1, -0.05) is 0 Å². The van der Waals surface area contributed by atoms with Crippen LogP contribution in [0.2, 0.25) is 0 Å². The highest BCUT2D eigenvalue weighted by atomic mass is 32.2. The van der Waals surface area contributed by atoms with Crippen LogP contribution < -0.4 is 14.8 Å². The average molecular weight is 452 g/mol. The molecule has 4 rings (SSSR count). The first-order chi connectivity index (χ1) is 14.8. The number of halogens is 2. The molecule has 2 N–H and O–H groups in total. The van der Waals surface area contributed by atoms with Gasteiger partial charge in [0.25, 0.3) is 5.91 Å². The molecule has 0 spiro atoms. The van der Waals surface area contributed by atoms with Gasteiger partial charge in [0.1, 0.15) is 11.4 Å². The quantitative estimate of drug-likeness (QED) is 0.591. The number of ether oxygens (including phenoxy) is 1. The standard InChI is InChI=1S/C18H18F2N6O4S/c1-30-15-8-14-21-9-11(10-26(14)23-15)22-18(27)16-12(19)4-5-13(17(16)20)24-31(28,29)25-6-2-3-7-25/h4-5,8-10,24H,2-3,6-7H2,1H3,(H,22,27). The van der Waals surface area contributed by atoms with E-state index in [2.05, 4.69) is 20.1 Å². The van der Waals surface area contributed by atoms with Crippen LogP contribution in [0.25, 0.3) is 5.65 Å². The topological polar surface area (TPSA) is 118 Å². The monoisotopic (exact) mass is 452 g/mol. The Balaban J connectivity index is 1.60. The molecule has 1 saturated heterocycles. The minimum atomic E-state index is -4.02. The van der Waals surface area contributed by atoms with E-state index < -0.39 is 39.0 Å². The summed E-state index contributed by atoms with van der Waals surface area (Å²) in [6.07, 6.45) is 4.06. The largest absolute Gasteiger partial charge is 0.480 e. The fourth-order valence-corrected chi connectivity index (χ4v) is 4.49. The third kappa shape index (κ3) is 4.14. The van der Waals surface area contributed by atoms with Crippen molar-refractivity contribution >= 4 is 33.1 Å². The van der Waals surface area contributed by atoms with Crippen LogP contribution in [0.3, 0.4) is 0 Å². The van der Waals surface area contributed by atoms with E-state index in [1.807, 2.05) is 0 Å². The second-order valence-corrected chi connectivity index (χ2v) is 8.45. The first-order valence-corrected chi connectivity index (χ1v) is 10.7. The molecule has 164 valence electrons. The van der Waals surface area contributed by atoms with Crippen LogP contribution in [0.5, 0.6) is 5.88 Å². The van der Waals surface area contributed by atoms with Crippen LogP contribution in [0.4, 0.5) is 20.2 Å². The molecule has 1 aromatic carbocycles. The van der Waals surface area contributed by atoms with Gasteiger partial charge in [-0.3, -0.25) is 9.52 Å². The number of carbonyl (C=O) groups is 1. The molecule has 0 saturated carbocycles. The van der Waals surface area contributed by atoms with Gasteiger partial charge in [-0.15, -0.1) is 5.10 Å². The highest BCUT2D eigenvalue weighted by Crippen LogP contribution is 2.25. The molecule has 31 heavy (non-hydrogen) atoms. The van der Waals surface area contributed by atoms with Crippen molar-refractivity contribution in [1.29, 1.82) is 0 Å². The maximum absolute atomic E-state index is 14.9. The number of nitrogens with zero attached hydrogens (tertiary/aromatic N) is 4. The number of aromatic nitrogens is 3. The summed E-state index contributed by atoms with van der Waals surface area (Å²) in [7, 11) is -2.59. The van der Waals surface area contributed by atoms with Crippen LogP contribution in [-0.2, 0) is 10.2 Å².